The highest BCUT2D eigenvalue weighted by atomic mass is 32.1. The van der Waals surface area contributed by atoms with Gasteiger partial charge in [0.15, 0.2) is 0 Å². The Morgan fingerprint density at radius 2 is 2.18 bits per heavy atom. The van der Waals surface area contributed by atoms with Gasteiger partial charge < -0.3 is 5.32 Å². The average Bonchev–Trinajstić information content (AvgIpc) is 2.92. The Morgan fingerprint density at radius 1 is 1.36 bits per heavy atom. The molecule has 2 heterocycles. The van der Waals surface area contributed by atoms with Crippen molar-refractivity contribution in [3.8, 4) is 0 Å². The molecule has 1 unspecified atom stereocenters. The third kappa shape index (κ3) is 3.05. The Kier molecular flexibility index (Phi) is 4.81. The Morgan fingerprint density at radius 3 is 2.91 bits per heavy atom. The summed E-state index contributed by atoms with van der Waals surface area (Å²) in [4.78, 5) is 7.27. The fourth-order valence-electron chi connectivity index (χ4n) is 3.52. The van der Waals surface area contributed by atoms with Crippen molar-refractivity contribution < 1.29 is 0 Å². The minimum atomic E-state index is 0.466. The van der Waals surface area contributed by atoms with Gasteiger partial charge in [-0.2, -0.15) is 0 Å². The molecule has 3 atom stereocenters. The summed E-state index contributed by atoms with van der Waals surface area (Å²) >= 11 is 1.80. The maximum Gasteiger partial charge on any atom is 0.0907 e. The van der Waals surface area contributed by atoms with E-state index in [1.165, 1.54) is 23.1 Å². The van der Waals surface area contributed by atoms with Crippen molar-refractivity contribution in [2.24, 2.45) is 0 Å². The summed E-state index contributed by atoms with van der Waals surface area (Å²) in [6, 6.07) is 8.53. The van der Waals surface area contributed by atoms with Crippen LogP contribution < -0.4 is 5.32 Å². The molecule has 1 aromatic carbocycles. The van der Waals surface area contributed by atoms with Gasteiger partial charge in [0, 0.05) is 31.2 Å². The van der Waals surface area contributed by atoms with Gasteiger partial charge in [0.2, 0.25) is 0 Å². The smallest absolute Gasteiger partial charge is 0.0907 e. The van der Waals surface area contributed by atoms with Crippen molar-refractivity contribution in [1.82, 2.24) is 15.2 Å². The highest BCUT2D eigenvalue weighted by molar-refractivity contribution is 7.18. The molecule has 0 amide bonds. The van der Waals surface area contributed by atoms with Crippen LogP contribution >= 0.6 is 11.3 Å². The number of fused-ring (bicyclic) bond motifs is 1. The van der Waals surface area contributed by atoms with E-state index in [0.29, 0.717) is 18.1 Å². The summed E-state index contributed by atoms with van der Waals surface area (Å²) in [5, 5.41) is 4.84. The monoisotopic (exact) mass is 317 g/mol. The Labute approximate surface area is 137 Å². The summed E-state index contributed by atoms with van der Waals surface area (Å²) < 4.78 is 1.32. The number of hydrogen-bond donors (Lipinski definition) is 1. The van der Waals surface area contributed by atoms with Gasteiger partial charge in [-0.1, -0.05) is 19.9 Å². The minimum absolute atomic E-state index is 0.466. The zero-order valence-corrected chi connectivity index (χ0v) is 14.9. The second-order valence-corrected chi connectivity index (χ2v) is 7.64. The van der Waals surface area contributed by atoms with E-state index in [2.05, 4.69) is 61.1 Å². The Balaban J connectivity index is 1.86. The highest BCUT2D eigenvalue weighted by Gasteiger charge is 2.30. The highest BCUT2D eigenvalue weighted by Crippen LogP contribution is 2.30. The van der Waals surface area contributed by atoms with Crippen LogP contribution in [-0.2, 0) is 0 Å². The topological polar surface area (TPSA) is 28.2 Å². The molecule has 4 heteroatoms. The van der Waals surface area contributed by atoms with Crippen molar-refractivity contribution in [3.05, 3.63) is 28.8 Å². The first-order chi connectivity index (χ1) is 10.6. The van der Waals surface area contributed by atoms with Crippen molar-refractivity contribution >= 4 is 21.6 Å². The standard InChI is InChI=1S/C18H27N3S/c1-5-15-11-21(16(6-2)10-19-15)12(3)14-7-8-17-18(9-14)22-13(4)20-17/h7-9,12,15-16,19H,5-6,10-11H2,1-4H3/t12?,15-,16+/m0/s1. The Bertz CT molecular complexity index is 636. The molecule has 2 aromatic rings. The van der Waals surface area contributed by atoms with Gasteiger partial charge in [-0.15, -0.1) is 11.3 Å². The molecule has 0 saturated carbocycles. The number of nitrogens with one attached hydrogen (secondary N) is 1. The summed E-state index contributed by atoms with van der Waals surface area (Å²) in [7, 11) is 0. The van der Waals surface area contributed by atoms with Gasteiger partial charge in [0.1, 0.15) is 0 Å². The molecule has 1 aromatic heterocycles. The first kappa shape index (κ1) is 15.9. The van der Waals surface area contributed by atoms with Crippen LogP contribution in [0.25, 0.3) is 10.2 Å². The number of thiazole rings is 1. The molecule has 3 nitrogen and oxygen atoms in total. The summed E-state index contributed by atoms with van der Waals surface area (Å²) in [6.45, 7) is 11.3. The third-order valence-electron chi connectivity index (χ3n) is 5.01. The van der Waals surface area contributed by atoms with Gasteiger partial charge in [0.25, 0.3) is 0 Å². The molecular formula is C18H27N3S. The number of piperazine rings is 1. The van der Waals surface area contributed by atoms with Gasteiger partial charge >= 0.3 is 0 Å². The predicted octanol–water partition coefficient (Wildman–Crippen LogP) is 4.13. The van der Waals surface area contributed by atoms with Gasteiger partial charge in [-0.05, 0) is 44.4 Å². The van der Waals surface area contributed by atoms with Crippen molar-refractivity contribution in [3.63, 3.8) is 0 Å². The fraction of sp³-hybridized carbons (Fsp3) is 0.611. The van der Waals surface area contributed by atoms with E-state index < -0.39 is 0 Å². The minimum Gasteiger partial charge on any atom is -0.311 e. The first-order valence-electron chi connectivity index (χ1n) is 8.48. The van der Waals surface area contributed by atoms with Crippen LogP contribution in [-0.4, -0.2) is 35.1 Å². The number of hydrogen-bond acceptors (Lipinski definition) is 4. The van der Waals surface area contributed by atoms with E-state index in [1.54, 1.807) is 11.3 Å². The van der Waals surface area contributed by atoms with E-state index in [0.717, 1.165) is 23.6 Å². The second kappa shape index (κ2) is 6.65. The molecule has 1 saturated heterocycles. The van der Waals surface area contributed by atoms with Crippen molar-refractivity contribution in [2.45, 2.75) is 58.7 Å². The van der Waals surface area contributed by atoms with E-state index in [9.17, 15) is 0 Å². The van der Waals surface area contributed by atoms with Crippen LogP contribution in [0, 0.1) is 6.92 Å². The molecule has 1 aliphatic heterocycles. The number of nitrogens with zero attached hydrogens (tertiary/aromatic N) is 2. The van der Waals surface area contributed by atoms with E-state index >= 15 is 0 Å². The summed E-state index contributed by atoms with van der Waals surface area (Å²) in [5.74, 6) is 0. The first-order valence-corrected chi connectivity index (χ1v) is 9.30. The Hall–Kier alpha value is -0.970. The molecule has 120 valence electrons. The average molecular weight is 318 g/mol. The maximum absolute atomic E-state index is 4.58. The van der Waals surface area contributed by atoms with Crippen molar-refractivity contribution in [2.75, 3.05) is 13.1 Å². The summed E-state index contributed by atoms with van der Waals surface area (Å²) in [5.41, 5.74) is 2.56. The maximum atomic E-state index is 4.58. The van der Waals surface area contributed by atoms with Gasteiger partial charge in [-0.25, -0.2) is 4.98 Å². The van der Waals surface area contributed by atoms with Crippen LogP contribution in [0.4, 0.5) is 0 Å². The van der Waals surface area contributed by atoms with Crippen LogP contribution in [0.15, 0.2) is 18.2 Å². The molecule has 1 N–H and O–H groups in total. The zero-order chi connectivity index (χ0) is 15.7. The van der Waals surface area contributed by atoms with Gasteiger partial charge in [0.05, 0.1) is 15.2 Å². The fourth-order valence-corrected chi connectivity index (χ4v) is 4.40. The molecule has 22 heavy (non-hydrogen) atoms. The van der Waals surface area contributed by atoms with Crippen molar-refractivity contribution in [1.29, 1.82) is 0 Å². The van der Waals surface area contributed by atoms with E-state index in [1.807, 2.05) is 0 Å². The number of rotatable bonds is 4. The molecular weight excluding hydrogens is 290 g/mol. The molecule has 1 aliphatic rings. The number of aromatic nitrogens is 1. The summed E-state index contributed by atoms with van der Waals surface area (Å²) in [6.07, 6.45) is 2.41. The zero-order valence-electron chi connectivity index (χ0n) is 14.1. The molecule has 0 spiro atoms. The largest absolute Gasteiger partial charge is 0.311 e. The van der Waals surface area contributed by atoms with Crippen LogP contribution in [0.1, 0.15) is 50.2 Å². The van der Waals surface area contributed by atoms with Gasteiger partial charge in [-0.3, -0.25) is 4.90 Å². The van der Waals surface area contributed by atoms with E-state index in [-0.39, 0.29) is 0 Å². The van der Waals surface area contributed by atoms with Crippen LogP contribution in [0.2, 0.25) is 0 Å². The molecule has 0 bridgehead atoms. The molecule has 0 aliphatic carbocycles. The SMILES string of the molecule is CC[C@H]1CN(C(C)c2ccc3nc(C)sc3c2)[C@H](CC)CN1. The lowest BCUT2D eigenvalue weighted by molar-refractivity contribution is 0.0851. The van der Waals surface area contributed by atoms with Crippen LogP contribution in [0.3, 0.4) is 0 Å². The number of aryl methyl sites for hydroxylation is 1. The second-order valence-electron chi connectivity index (χ2n) is 6.41. The molecule has 1 fully saturated rings. The molecule has 0 radical (unpaired) electrons. The van der Waals surface area contributed by atoms with Crippen LogP contribution in [0.5, 0.6) is 0 Å². The number of benzene rings is 1. The normalized spacial score (nSPS) is 24.7. The van der Waals surface area contributed by atoms with E-state index in [4.69, 9.17) is 0 Å². The quantitative estimate of drug-likeness (QED) is 0.919. The lowest BCUT2D eigenvalue weighted by Crippen LogP contribution is -2.56. The molecule has 3 rings (SSSR count). The lowest BCUT2D eigenvalue weighted by atomic mass is 9.99. The predicted molar refractivity (Wildman–Crippen MR) is 95.6 cm³/mol. The lowest BCUT2D eigenvalue weighted by Gasteiger charge is -2.43. The third-order valence-corrected chi connectivity index (χ3v) is 5.94.